The Morgan fingerprint density at radius 1 is 1.13 bits per heavy atom. The molecule has 1 unspecified atom stereocenters. The van der Waals surface area contributed by atoms with Crippen molar-refractivity contribution in [3.8, 4) is 0 Å². The topological polar surface area (TPSA) is 85.8 Å². The summed E-state index contributed by atoms with van der Waals surface area (Å²) in [5, 5.41) is 2.15. The third kappa shape index (κ3) is 3.83. The zero-order valence-corrected chi connectivity index (χ0v) is 17.7. The molecule has 9 heteroatoms. The highest BCUT2D eigenvalue weighted by molar-refractivity contribution is 6.14. The van der Waals surface area contributed by atoms with E-state index in [0.29, 0.717) is 26.2 Å². The molecule has 8 nitrogen and oxygen atoms in total. The summed E-state index contributed by atoms with van der Waals surface area (Å²) in [4.78, 5) is 45.9. The maximum absolute atomic E-state index is 14.7. The number of imide groups is 1. The van der Waals surface area contributed by atoms with E-state index in [2.05, 4.69) is 21.3 Å². The van der Waals surface area contributed by atoms with Gasteiger partial charge in [-0.25, -0.2) is 14.2 Å². The van der Waals surface area contributed by atoms with Gasteiger partial charge in [-0.3, -0.25) is 19.8 Å². The van der Waals surface area contributed by atoms with E-state index < -0.39 is 23.8 Å². The zero-order chi connectivity index (χ0) is 22.3. The van der Waals surface area contributed by atoms with Gasteiger partial charge in [0.1, 0.15) is 17.7 Å². The van der Waals surface area contributed by atoms with Gasteiger partial charge in [0.2, 0.25) is 0 Å². The van der Waals surface area contributed by atoms with E-state index in [0.717, 1.165) is 27.9 Å². The molecule has 2 fully saturated rings. The first-order valence-corrected chi connectivity index (χ1v) is 10.2. The molecule has 4 amide bonds. The van der Waals surface area contributed by atoms with Crippen molar-refractivity contribution in [1.82, 2.24) is 15.2 Å². The van der Waals surface area contributed by atoms with Gasteiger partial charge in [-0.05, 0) is 50.1 Å². The van der Waals surface area contributed by atoms with Crippen molar-refractivity contribution in [3.63, 3.8) is 0 Å². The van der Waals surface area contributed by atoms with Gasteiger partial charge in [-0.15, -0.1) is 0 Å². The molecule has 2 aliphatic rings. The van der Waals surface area contributed by atoms with Crippen LogP contribution in [0.25, 0.3) is 0 Å². The van der Waals surface area contributed by atoms with Crippen LogP contribution in [-0.2, 0) is 4.79 Å². The minimum absolute atomic E-state index is 0.0295. The van der Waals surface area contributed by atoms with Crippen LogP contribution in [0, 0.1) is 19.7 Å². The summed E-state index contributed by atoms with van der Waals surface area (Å²) in [6, 6.07) is 4.58. The van der Waals surface area contributed by atoms with Gasteiger partial charge in [-0.2, -0.15) is 0 Å². The predicted octanol–water partition coefficient (Wildman–Crippen LogP) is 2.24. The number of aryl methyl sites for hydroxylation is 2. The summed E-state index contributed by atoms with van der Waals surface area (Å²) in [7, 11) is 0. The predicted molar refractivity (Wildman–Crippen MR) is 114 cm³/mol. The number of piperazine rings is 1. The summed E-state index contributed by atoms with van der Waals surface area (Å²) in [5.74, 6) is -0.560. The number of aromatic nitrogens is 1. The molecule has 0 bridgehead atoms. The smallest absolute Gasteiger partial charge is 0.329 e. The standard InChI is InChI=1S/C22H24FN5O3/c1-13-10-14(2)19(24-12-13)26-6-8-27(9-7-26)21(30)16-4-5-18(17(23)11-16)28-15(3)20(29)25-22(28)31/h4-5,10-12,15H,6-9H2,1-3H3,(H,25,29,31). The molecule has 1 aromatic heterocycles. The fourth-order valence-corrected chi connectivity index (χ4v) is 4.06. The third-order valence-electron chi connectivity index (χ3n) is 5.72. The Bertz CT molecular complexity index is 1070. The van der Waals surface area contributed by atoms with Gasteiger partial charge in [0.25, 0.3) is 11.8 Å². The average molecular weight is 425 g/mol. The lowest BCUT2D eigenvalue weighted by Gasteiger charge is -2.36. The number of nitrogens with one attached hydrogen (secondary N) is 1. The Morgan fingerprint density at radius 3 is 2.42 bits per heavy atom. The molecule has 2 aromatic rings. The van der Waals surface area contributed by atoms with Crippen LogP contribution in [0.5, 0.6) is 0 Å². The number of pyridine rings is 1. The maximum atomic E-state index is 14.7. The second-order valence-electron chi connectivity index (χ2n) is 7.94. The highest BCUT2D eigenvalue weighted by Crippen LogP contribution is 2.26. The van der Waals surface area contributed by atoms with Crippen LogP contribution in [-0.4, -0.2) is 60.0 Å². The summed E-state index contributed by atoms with van der Waals surface area (Å²) in [6.45, 7) is 7.80. The number of nitrogens with zero attached hydrogens (tertiary/aromatic N) is 4. The van der Waals surface area contributed by atoms with Crippen molar-refractivity contribution >= 4 is 29.4 Å². The highest BCUT2D eigenvalue weighted by atomic mass is 19.1. The molecule has 2 saturated heterocycles. The molecular weight excluding hydrogens is 401 g/mol. The van der Waals surface area contributed by atoms with Gasteiger partial charge in [-0.1, -0.05) is 6.07 Å². The number of carbonyl (C=O) groups is 3. The number of urea groups is 1. The molecule has 1 atom stereocenters. The van der Waals surface area contributed by atoms with Gasteiger partial charge < -0.3 is 9.80 Å². The van der Waals surface area contributed by atoms with Crippen LogP contribution in [0.15, 0.2) is 30.5 Å². The van der Waals surface area contributed by atoms with E-state index in [1.807, 2.05) is 20.0 Å². The Morgan fingerprint density at radius 2 is 1.84 bits per heavy atom. The average Bonchev–Trinajstić information content (AvgIpc) is 2.99. The molecule has 0 radical (unpaired) electrons. The van der Waals surface area contributed by atoms with Crippen molar-refractivity contribution in [2.24, 2.45) is 0 Å². The Hall–Kier alpha value is -3.49. The number of halogens is 1. The summed E-state index contributed by atoms with van der Waals surface area (Å²) in [5.41, 5.74) is 2.37. The first-order valence-electron chi connectivity index (χ1n) is 10.2. The molecule has 2 aliphatic heterocycles. The number of amides is 4. The molecular formula is C22H24FN5O3. The Balaban J connectivity index is 1.45. The van der Waals surface area contributed by atoms with Crippen molar-refractivity contribution in [2.45, 2.75) is 26.8 Å². The van der Waals surface area contributed by atoms with Crippen molar-refractivity contribution in [3.05, 3.63) is 53.0 Å². The Labute approximate surface area is 179 Å². The molecule has 162 valence electrons. The number of carbonyl (C=O) groups excluding carboxylic acids is 3. The zero-order valence-electron chi connectivity index (χ0n) is 17.7. The Kier molecular flexibility index (Phi) is 5.34. The van der Waals surface area contributed by atoms with Gasteiger partial charge in [0.15, 0.2) is 0 Å². The van der Waals surface area contributed by atoms with Gasteiger partial charge in [0, 0.05) is 37.9 Å². The van der Waals surface area contributed by atoms with Gasteiger partial charge in [0.05, 0.1) is 5.69 Å². The SMILES string of the molecule is Cc1cnc(N2CCN(C(=O)c3ccc(N4C(=O)NC(=O)C4C)c(F)c3)CC2)c(C)c1. The van der Waals surface area contributed by atoms with Gasteiger partial charge >= 0.3 is 6.03 Å². The first kappa shape index (κ1) is 20.8. The van der Waals surface area contributed by atoms with Crippen molar-refractivity contribution in [1.29, 1.82) is 0 Å². The lowest BCUT2D eigenvalue weighted by molar-refractivity contribution is -0.119. The fourth-order valence-electron chi connectivity index (χ4n) is 4.06. The van der Waals surface area contributed by atoms with E-state index in [4.69, 9.17) is 0 Å². The molecule has 1 aromatic carbocycles. The van der Waals surface area contributed by atoms with Crippen molar-refractivity contribution < 1.29 is 18.8 Å². The quantitative estimate of drug-likeness (QED) is 0.763. The van der Waals surface area contributed by atoms with Crippen LogP contribution in [0.3, 0.4) is 0 Å². The molecule has 0 spiro atoms. The molecule has 0 saturated carbocycles. The molecule has 31 heavy (non-hydrogen) atoms. The monoisotopic (exact) mass is 425 g/mol. The normalized spacial score (nSPS) is 19.1. The first-order chi connectivity index (χ1) is 14.8. The van der Waals surface area contributed by atoms with Crippen LogP contribution in [0.1, 0.15) is 28.4 Å². The minimum Gasteiger partial charge on any atom is -0.353 e. The van der Waals surface area contributed by atoms with E-state index in [9.17, 15) is 18.8 Å². The van der Waals surface area contributed by atoms with E-state index in [1.165, 1.54) is 19.1 Å². The maximum Gasteiger partial charge on any atom is 0.329 e. The summed E-state index contributed by atoms with van der Waals surface area (Å²) in [6.07, 6.45) is 1.83. The van der Waals surface area contributed by atoms with E-state index in [-0.39, 0.29) is 17.2 Å². The van der Waals surface area contributed by atoms with E-state index in [1.54, 1.807) is 4.90 Å². The lowest BCUT2D eigenvalue weighted by Crippen LogP contribution is -2.49. The second kappa shape index (κ2) is 7.98. The summed E-state index contributed by atoms with van der Waals surface area (Å²) < 4.78 is 14.7. The number of anilines is 2. The number of hydrogen-bond acceptors (Lipinski definition) is 5. The van der Waals surface area contributed by atoms with Crippen molar-refractivity contribution in [2.75, 3.05) is 36.0 Å². The van der Waals surface area contributed by atoms with Crippen LogP contribution < -0.4 is 15.1 Å². The molecule has 1 N–H and O–H groups in total. The van der Waals surface area contributed by atoms with Crippen LogP contribution in [0.4, 0.5) is 20.7 Å². The number of hydrogen-bond donors (Lipinski definition) is 1. The minimum atomic E-state index is -0.810. The fraction of sp³-hybridized carbons (Fsp3) is 0.364. The number of benzene rings is 1. The summed E-state index contributed by atoms with van der Waals surface area (Å²) >= 11 is 0. The third-order valence-corrected chi connectivity index (χ3v) is 5.72. The molecule has 0 aliphatic carbocycles. The van der Waals surface area contributed by atoms with Crippen LogP contribution in [0.2, 0.25) is 0 Å². The lowest BCUT2D eigenvalue weighted by atomic mass is 10.1. The number of rotatable bonds is 3. The molecule has 3 heterocycles. The molecule has 4 rings (SSSR count). The van der Waals surface area contributed by atoms with E-state index >= 15 is 0 Å². The largest absolute Gasteiger partial charge is 0.353 e. The highest BCUT2D eigenvalue weighted by Gasteiger charge is 2.37. The second-order valence-corrected chi connectivity index (χ2v) is 7.94. The van der Waals surface area contributed by atoms with Crippen LogP contribution >= 0.6 is 0 Å².